The molecule has 0 unspecified atom stereocenters. The molecule has 0 bridgehead atoms. The largest absolute Gasteiger partial charge is 0.368 e. The topological polar surface area (TPSA) is 84.7 Å². The van der Waals surface area contributed by atoms with E-state index in [0.717, 1.165) is 16.7 Å². The van der Waals surface area contributed by atoms with Crippen molar-refractivity contribution < 1.29 is 4.79 Å². The van der Waals surface area contributed by atoms with Gasteiger partial charge in [-0.2, -0.15) is 5.10 Å². The zero-order valence-corrected chi connectivity index (χ0v) is 12.6. The van der Waals surface area contributed by atoms with Gasteiger partial charge in [-0.25, -0.2) is 9.97 Å². The number of carbonyl (C=O) groups is 1. The van der Waals surface area contributed by atoms with Gasteiger partial charge >= 0.3 is 0 Å². The third-order valence-electron chi connectivity index (χ3n) is 3.39. The Morgan fingerprint density at radius 1 is 1.13 bits per heavy atom. The number of para-hydroxylation sites is 1. The quantitative estimate of drug-likeness (QED) is 0.645. The molecule has 1 amide bonds. The number of anilines is 1. The van der Waals surface area contributed by atoms with Gasteiger partial charge in [-0.1, -0.05) is 18.2 Å². The lowest BCUT2D eigenvalue weighted by molar-refractivity contribution is -0.121. The summed E-state index contributed by atoms with van der Waals surface area (Å²) in [4.78, 5) is 20.1. The lowest BCUT2D eigenvalue weighted by Gasteiger charge is -2.08. The van der Waals surface area contributed by atoms with Crippen LogP contribution >= 0.6 is 0 Å². The first kappa shape index (κ1) is 15.0. The van der Waals surface area contributed by atoms with Crippen LogP contribution < -0.4 is 10.6 Å². The van der Waals surface area contributed by atoms with E-state index in [1.165, 1.54) is 6.33 Å². The zero-order valence-electron chi connectivity index (χ0n) is 12.6. The van der Waals surface area contributed by atoms with Crippen molar-refractivity contribution in [2.45, 2.75) is 13.0 Å². The molecule has 0 saturated heterocycles. The third kappa shape index (κ3) is 4.26. The predicted molar refractivity (Wildman–Crippen MR) is 87.9 cm³/mol. The molecule has 7 nitrogen and oxygen atoms in total. The van der Waals surface area contributed by atoms with Gasteiger partial charge in [0.05, 0.1) is 12.1 Å². The number of rotatable bonds is 7. The maximum atomic E-state index is 11.7. The summed E-state index contributed by atoms with van der Waals surface area (Å²) in [6, 6.07) is 11.9. The molecule has 7 heteroatoms. The summed E-state index contributed by atoms with van der Waals surface area (Å²) in [6.45, 7) is 1.70. The summed E-state index contributed by atoms with van der Waals surface area (Å²) in [6.07, 6.45) is 3.44. The van der Waals surface area contributed by atoms with Crippen molar-refractivity contribution >= 4 is 22.6 Å². The standard InChI is InChI=1S/C16H18N6O/c23-16(7-10-22-12-17-11-20-22)19-9-8-18-15-6-5-13-3-1-2-4-14(13)21-15/h1-6,11-12H,7-10H2,(H,18,21)(H,19,23). The van der Waals surface area contributed by atoms with E-state index < -0.39 is 0 Å². The Morgan fingerprint density at radius 3 is 2.91 bits per heavy atom. The van der Waals surface area contributed by atoms with Crippen molar-refractivity contribution in [3.63, 3.8) is 0 Å². The maximum absolute atomic E-state index is 11.7. The fraction of sp³-hybridized carbons (Fsp3) is 0.250. The van der Waals surface area contributed by atoms with E-state index in [1.54, 1.807) is 11.0 Å². The third-order valence-corrected chi connectivity index (χ3v) is 3.39. The molecule has 1 aromatic carbocycles. The van der Waals surface area contributed by atoms with Gasteiger partial charge in [0.25, 0.3) is 0 Å². The average Bonchev–Trinajstić information content (AvgIpc) is 3.10. The molecule has 3 rings (SSSR count). The normalized spacial score (nSPS) is 10.6. The summed E-state index contributed by atoms with van der Waals surface area (Å²) >= 11 is 0. The molecule has 0 fully saturated rings. The number of nitrogens with one attached hydrogen (secondary N) is 2. The van der Waals surface area contributed by atoms with Gasteiger partial charge in [-0.05, 0) is 18.2 Å². The van der Waals surface area contributed by atoms with Gasteiger partial charge < -0.3 is 10.6 Å². The maximum Gasteiger partial charge on any atom is 0.221 e. The van der Waals surface area contributed by atoms with Crippen LogP contribution in [0.3, 0.4) is 0 Å². The van der Waals surface area contributed by atoms with Crippen LogP contribution in [0.15, 0.2) is 49.1 Å². The molecule has 0 atom stereocenters. The minimum absolute atomic E-state index is 0.00577. The van der Waals surface area contributed by atoms with E-state index in [-0.39, 0.29) is 5.91 Å². The summed E-state index contributed by atoms with van der Waals surface area (Å²) in [5.41, 5.74) is 0.953. The molecule has 2 N–H and O–H groups in total. The molecule has 0 radical (unpaired) electrons. The van der Waals surface area contributed by atoms with Crippen LogP contribution in [0.4, 0.5) is 5.82 Å². The summed E-state index contributed by atoms with van der Waals surface area (Å²) in [7, 11) is 0. The Hall–Kier alpha value is -2.96. The van der Waals surface area contributed by atoms with Crippen LogP contribution in [0.25, 0.3) is 10.9 Å². The lowest BCUT2D eigenvalue weighted by atomic mass is 10.2. The molecule has 0 aliphatic heterocycles. The zero-order chi connectivity index (χ0) is 15.9. The van der Waals surface area contributed by atoms with Crippen molar-refractivity contribution in [1.82, 2.24) is 25.1 Å². The number of nitrogens with zero attached hydrogens (tertiary/aromatic N) is 4. The highest BCUT2D eigenvalue weighted by atomic mass is 16.1. The fourth-order valence-electron chi connectivity index (χ4n) is 2.21. The van der Waals surface area contributed by atoms with Crippen LogP contribution in [0.5, 0.6) is 0 Å². The summed E-state index contributed by atoms with van der Waals surface area (Å²) in [5.74, 6) is 0.800. The van der Waals surface area contributed by atoms with Gasteiger partial charge in [0, 0.05) is 24.9 Å². The van der Waals surface area contributed by atoms with E-state index in [4.69, 9.17) is 0 Å². The second-order valence-electron chi connectivity index (χ2n) is 5.07. The monoisotopic (exact) mass is 310 g/mol. The Labute approximate surface area is 133 Å². The number of amides is 1. The second-order valence-corrected chi connectivity index (χ2v) is 5.07. The molecule has 0 aliphatic rings. The molecule has 118 valence electrons. The summed E-state index contributed by atoms with van der Waals surface area (Å²) in [5, 5.41) is 11.1. The number of aryl methyl sites for hydroxylation is 1. The van der Waals surface area contributed by atoms with Crippen molar-refractivity contribution in [1.29, 1.82) is 0 Å². The number of benzene rings is 1. The van der Waals surface area contributed by atoms with Crippen molar-refractivity contribution in [3.8, 4) is 0 Å². The number of hydrogen-bond donors (Lipinski definition) is 2. The molecule has 3 aromatic rings. The van der Waals surface area contributed by atoms with Crippen molar-refractivity contribution in [3.05, 3.63) is 49.1 Å². The van der Waals surface area contributed by atoms with Gasteiger partial charge in [0.2, 0.25) is 5.91 Å². The first-order valence-electron chi connectivity index (χ1n) is 7.50. The lowest BCUT2D eigenvalue weighted by Crippen LogP contribution is -2.29. The Morgan fingerprint density at radius 2 is 2.04 bits per heavy atom. The molecule has 2 heterocycles. The van der Waals surface area contributed by atoms with Crippen LogP contribution in [0.2, 0.25) is 0 Å². The van der Waals surface area contributed by atoms with Crippen molar-refractivity contribution in [2.24, 2.45) is 0 Å². The van der Waals surface area contributed by atoms with Crippen LogP contribution in [-0.4, -0.2) is 38.7 Å². The summed E-state index contributed by atoms with van der Waals surface area (Å²) < 4.78 is 1.64. The van der Waals surface area contributed by atoms with Gasteiger partial charge in [-0.15, -0.1) is 0 Å². The molecule has 0 spiro atoms. The molecule has 23 heavy (non-hydrogen) atoms. The van der Waals surface area contributed by atoms with E-state index in [9.17, 15) is 4.79 Å². The first-order chi connectivity index (χ1) is 11.3. The highest BCUT2D eigenvalue weighted by molar-refractivity contribution is 5.80. The molecule has 0 saturated carbocycles. The van der Waals surface area contributed by atoms with Crippen LogP contribution in [0.1, 0.15) is 6.42 Å². The number of hydrogen-bond acceptors (Lipinski definition) is 5. The minimum atomic E-state index is -0.00577. The molecule has 0 aliphatic carbocycles. The Bertz CT molecular complexity index is 771. The van der Waals surface area contributed by atoms with E-state index in [1.807, 2.05) is 36.4 Å². The Kier molecular flexibility index (Phi) is 4.78. The number of fused-ring (bicyclic) bond motifs is 1. The fourth-order valence-corrected chi connectivity index (χ4v) is 2.21. The SMILES string of the molecule is O=C(CCn1cncn1)NCCNc1ccc2ccccc2n1. The number of pyridine rings is 1. The number of carbonyl (C=O) groups excluding carboxylic acids is 1. The van der Waals surface area contributed by atoms with Crippen molar-refractivity contribution in [2.75, 3.05) is 18.4 Å². The van der Waals surface area contributed by atoms with Crippen LogP contribution in [-0.2, 0) is 11.3 Å². The minimum Gasteiger partial charge on any atom is -0.368 e. The van der Waals surface area contributed by atoms with Gasteiger partial charge in [0.15, 0.2) is 0 Å². The van der Waals surface area contributed by atoms with Gasteiger partial charge in [0.1, 0.15) is 18.5 Å². The smallest absolute Gasteiger partial charge is 0.221 e. The highest BCUT2D eigenvalue weighted by Crippen LogP contribution is 2.13. The van der Waals surface area contributed by atoms with Crippen LogP contribution in [0, 0.1) is 0 Å². The van der Waals surface area contributed by atoms with E-state index >= 15 is 0 Å². The predicted octanol–water partition coefficient (Wildman–Crippen LogP) is 1.44. The second kappa shape index (κ2) is 7.35. The Balaban J connectivity index is 1.39. The first-order valence-corrected chi connectivity index (χ1v) is 7.50. The number of aromatic nitrogens is 4. The van der Waals surface area contributed by atoms with E-state index in [0.29, 0.717) is 26.1 Å². The van der Waals surface area contributed by atoms with Gasteiger partial charge in [-0.3, -0.25) is 9.48 Å². The molecule has 2 aromatic heterocycles. The molecular weight excluding hydrogens is 292 g/mol. The highest BCUT2D eigenvalue weighted by Gasteiger charge is 2.02. The average molecular weight is 310 g/mol. The van der Waals surface area contributed by atoms with E-state index in [2.05, 4.69) is 25.7 Å². The molecular formula is C16H18N6O.